The van der Waals surface area contributed by atoms with Crippen molar-refractivity contribution < 1.29 is 9.47 Å². The second-order valence-corrected chi connectivity index (χ2v) is 20.1. The minimum absolute atomic E-state index is 0.657. The molecule has 4 aliphatic rings. The Morgan fingerprint density at radius 2 is 0.680 bits per heavy atom. The Labute approximate surface area is 435 Å². The summed E-state index contributed by atoms with van der Waals surface area (Å²) in [6.07, 6.45) is 0. The van der Waals surface area contributed by atoms with Crippen molar-refractivity contribution in [2.24, 2.45) is 0 Å². The molecule has 350 valence electrons. The van der Waals surface area contributed by atoms with Crippen LogP contribution in [-0.4, -0.2) is 0 Å². The van der Waals surface area contributed by atoms with Crippen LogP contribution in [0.1, 0.15) is 44.5 Å². The van der Waals surface area contributed by atoms with Crippen molar-refractivity contribution >= 4 is 27.8 Å². The van der Waals surface area contributed by atoms with Crippen LogP contribution in [0.3, 0.4) is 0 Å². The van der Waals surface area contributed by atoms with Gasteiger partial charge in [-0.05, 0) is 103 Å². The van der Waals surface area contributed by atoms with Gasteiger partial charge in [-0.2, -0.15) is 0 Å². The van der Waals surface area contributed by atoms with Crippen LogP contribution < -0.4 is 14.4 Å². The second kappa shape index (κ2) is 15.9. The number of fused-ring (bicyclic) bond motifs is 20. The normalized spacial score (nSPS) is 14.0. The number of ether oxygens (including phenoxy) is 2. The van der Waals surface area contributed by atoms with Crippen molar-refractivity contribution in [3.05, 3.63) is 317 Å². The largest absolute Gasteiger partial charge is 0.457 e. The van der Waals surface area contributed by atoms with Gasteiger partial charge in [-0.15, -0.1) is 0 Å². The third kappa shape index (κ3) is 5.64. The quantitative estimate of drug-likeness (QED) is 0.172. The number of nitrogens with zero attached hydrogens (tertiary/aromatic N) is 1. The lowest BCUT2D eigenvalue weighted by molar-refractivity contribution is 0.436. The monoisotopic (exact) mass is 955 g/mol. The lowest BCUT2D eigenvalue weighted by atomic mass is 9.65. The van der Waals surface area contributed by atoms with Crippen molar-refractivity contribution in [3.8, 4) is 67.5 Å². The van der Waals surface area contributed by atoms with Crippen LogP contribution in [0.15, 0.2) is 273 Å². The fraction of sp³-hybridized carbons (Fsp3) is 0.0278. The van der Waals surface area contributed by atoms with E-state index in [0.717, 1.165) is 73.4 Å². The maximum Gasteiger partial charge on any atom is 0.132 e. The van der Waals surface area contributed by atoms with E-state index in [1.165, 1.54) is 66.4 Å². The zero-order chi connectivity index (χ0) is 49.2. The van der Waals surface area contributed by atoms with Crippen LogP contribution in [0.5, 0.6) is 23.0 Å². The first-order valence-corrected chi connectivity index (χ1v) is 25.9. The zero-order valence-electron chi connectivity index (χ0n) is 40.7. The van der Waals surface area contributed by atoms with Gasteiger partial charge in [0.15, 0.2) is 0 Å². The highest BCUT2D eigenvalue weighted by molar-refractivity contribution is 6.08. The van der Waals surface area contributed by atoms with E-state index in [4.69, 9.17) is 9.47 Å². The Morgan fingerprint density at radius 3 is 1.31 bits per heavy atom. The van der Waals surface area contributed by atoms with E-state index < -0.39 is 10.8 Å². The Bertz CT molecular complexity index is 4230. The summed E-state index contributed by atoms with van der Waals surface area (Å²) >= 11 is 0. The molecule has 2 heterocycles. The average Bonchev–Trinajstić information content (AvgIpc) is 3.96. The van der Waals surface area contributed by atoms with Crippen LogP contribution in [-0.2, 0) is 10.8 Å². The molecule has 0 fully saturated rings. The SMILES string of the molecule is c1ccc(-c2ccc(-c3ccccc3N(c3cccc4c3-c3ccccc3C43c4ccccc4Oc4ccccc43)c3cccc4c3-c3ccc5ccccc5c3C43c4ccccc4Oc4ccccc43)cc2)cc1. The van der Waals surface area contributed by atoms with E-state index in [9.17, 15) is 0 Å². The molecule has 0 unspecified atom stereocenters. The van der Waals surface area contributed by atoms with Crippen LogP contribution in [0.4, 0.5) is 17.1 Å². The highest BCUT2D eigenvalue weighted by Crippen LogP contribution is 2.68. The van der Waals surface area contributed by atoms with Gasteiger partial charge in [-0.3, -0.25) is 0 Å². The molecule has 0 N–H and O–H groups in total. The third-order valence-electron chi connectivity index (χ3n) is 16.6. The predicted octanol–water partition coefficient (Wildman–Crippen LogP) is 18.6. The molecular formula is C72H45NO2. The molecule has 12 aromatic carbocycles. The summed E-state index contributed by atoms with van der Waals surface area (Å²) in [5.74, 6) is 3.48. The van der Waals surface area contributed by atoms with E-state index in [1.807, 2.05) is 0 Å². The Morgan fingerprint density at radius 1 is 0.253 bits per heavy atom. The number of hydrogen-bond donors (Lipinski definition) is 0. The molecule has 2 aliphatic heterocycles. The lowest BCUT2D eigenvalue weighted by Gasteiger charge is -2.40. The number of rotatable bonds is 5. The predicted molar refractivity (Wildman–Crippen MR) is 304 cm³/mol. The average molecular weight is 956 g/mol. The summed E-state index contributed by atoms with van der Waals surface area (Å²) in [6.45, 7) is 0. The highest BCUT2D eigenvalue weighted by Gasteiger charge is 2.55. The van der Waals surface area contributed by atoms with Crippen LogP contribution in [0.25, 0.3) is 55.3 Å². The molecular weight excluding hydrogens is 911 g/mol. The first kappa shape index (κ1) is 41.9. The summed E-state index contributed by atoms with van der Waals surface area (Å²) in [7, 11) is 0. The van der Waals surface area contributed by atoms with Crippen molar-refractivity contribution in [1.29, 1.82) is 0 Å². The third-order valence-corrected chi connectivity index (χ3v) is 16.6. The topological polar surface area (TPSA) is 21.7 Å². The fourth-order valence-electron chi connectivity index (χ4n) is 13.7. The highest BCUT2D eigenvalue weighted by atomic mass is 16.5. The van der Waals surface area contributed by atoms with E-state index in [1.54, 1.807) is 0 Å². The Kier molecular flexibility index (Phi) is 8.88. The molecule has 12 aromatic rings. The van der Waals surface area contributed by atoms with Gasteiger partial charge in [0, 0.05) is 38.9 Å². The standard InChI is InChI=1S/C72H45NO2/c1-2-20-46(21-3-1)47-40-42-49(43-41-47)50-23-7-13-33-61(50)73(62-34-18-31-59-68(62)52-25-6-8-26-54(52)71(59)55-27-9-14-36-64(55)74-65-37-15-10-28-56(65)71)63-35-19-32-60-69(63)53-45-44-48-22-4-5-24-51(48)70(53)72(60)57-29-11-16-38-66(57)75-67-39-17-12-30-58(67)72/h1-45H. The van der Waals surface area contributed by atoms with Gasteiger partial charge in [0.1, 0.15) is 23.0 Å². The molecule has 0 aromatic heterocycles. The zero-order valence-corrected chi connectivity index (χ0v) is 40.7. The summed E-state index contributed by atoms with van der Waals surface area (Å²) < 4.78 is 13.7. The first-order chi connectivity index (χ1) is 37.2. The summed E-state index contributed by atoms with van der Waals surface area (Å²) in [5.41, 5.74) is 20.8. The van der Waals surface area contributed by atoms with Gasteiger partial charge < -0.3 is 14.4 Å². The van der Waals surface area contributed by atoms with Crippen LogP contribution in [0.2, 0.25) is 0 Å². The molecule has 0 atom stereocenters. The number of benzene rings is 12. The van der Waals surface area contributed by atoms with Crippen molar-refractivity contribution in [2.75, 3.05) is 4.90 Å². The molecule has 3 heteroatoms. The maximum atomic E-state index is 6.89. The smallest absolute Gasteiger partial charge is 0.132 e. The van der Waals surface area contributed by atoms with Gasteiger partial charge in [0.2, 0.25) is 0 Å². The van der Waals surface area contributed by atoms with Gasteiger partial charge in [-0.25, -0.2) is 0 Å². The lowest BCUT2D eigenvalue weighted by Crippen LogP contribution is -2.32. The minimum atomic E-state index is -0.712. The van der Waals surface area contributed by atoms with Crippen molar-refractivity contribution in [2.45, 2.75) is 10.8 Å². The van der Waals surface area contributed by atoms with E-state index in [-0.39, 0.29) is 0 Å². The number of hydrogen-bond acceptors (Lipinski definition) is 3. The molecule has 2 aliphatic carbocycles. The summed E-state index contributed by atoms with van der Waals surface area (Å²) in [5, 5.41) is 2.43. The van der Waals surface area contributed by atoms with Gasteiger partial charge in [0.05, 0.1) is 27.9 Å². The number of anilines is 3. The molecule has 3 nitrogen and oxygen atoms in total. The molecule has 0 radical (unpaired) electrons. The van der Waals surface area contributed by atoms with Gasteiger partial charge in [-0.1, -0.05) is 231 Å². The van der Waals surface area contributed by atoms with Gasteiger partial charge in [0.25, 0.3) is 0 Å². The van der Waals surface area contributed by atoms with Crippen molar-refractivity contribution in [3.63, 3.8) is 0 Å². The number of para-hydroxylation sites is 5. The molecule has 0 amide bonds. The van der Waals surface area contributed by atoms with E-state index in [0.29, 0.717) is 0 Å². The van der Waals surface area contributed by atoms with E-state index >= 15 is 0 Å². The van der Waals surface area contributed by atoms with E-state index in [2.05, 4.69) is 278 Å². The van der Waals surface area contributed by atoms with Crippen LogP contribution >= 0.6 is 0 Å². The Hall–Kier alpha value is -9.70. The van der Waals surface area contributed by atoms with Crippen LogP contribution in [0, 0.1) is 0 Å². The molecule has 0 saturated heterocycles. The fourth-order valence-corrected chi connectivity index (χ4v) is 13.7. The summed E-state index contributed by atoms with van der Waals surface area (Å²) in [6, 6.07) is 100. The maximum absolute atomic E-state index is 6.89. The summed E-state index contributed by atoms with van der Waals surface area (Å²) in [4.78, 5) is 2.60. The molecule has 0 saturated carbocycles. The molecule has 16 rings (SSSR count). The molecule has 75 heavy (non-hydrogen) atoms. The second-order valence-electron chi connectivity index (χ2n) is 20.1. The first-order valence-electron chi connectivity index (χ1n) is 25.9. The van der Waals surface area contributed by atoms with Crippen molar-refractivity contribution in [1.82, 2.24) is 0 Å². The van der Waals surface area contributed by atoms with Gasteiger partial charge >= 0.3 is 0 Å². The Balaban J connectivity index is 1.04. The molecule has 2 spiro atoms. The minimum Gasteiger partial charge on any atom is -0.457 e. The molecule has 0 bridgehead atoms.